The number of nitrogens with zero attached hydrogens (tertiary/aromatic N) is 3. The fraction of sp³-hybridized carbons (Fsp3) is 0.182. The van der Waals surface area contributed by atoms with Crippen molar-refractivity contribution >= 4 is 39.8 Å². The van der Waals surface area contributed by atoms with Crippen LogP contribution in [-0.2, 0) is 6.42 Å². The van der Waals surface area contributed by atoms with E-state index in [1.807, 2.05) is 60.7 Å². The molecule has 2 N–H and O–H groups in total. The van der Waals surface area contributed by atoms with E-state index >= 15 is 0 Å². The smallest absolute Gasteiger partial charge is 0.260 e. The van der Waals surface area contributed by atoms with E-state index in [-0.39, 0.29) is 11.6 Å². The Balaban J connectivity index is 1.30. The van der Waals surface area contributed by atoms with Crippen LogP contribution in [0.2, 0.25) is 5.02 Å². The van der Waals surface area contributed by atoms with Crippen LogP contribution in [0.1, 0.15) is 23.6 Å². The van der Waals surface area contributed by atoms with Gasteiger partial charge in [-0.15, -0.1) is 0 Å². The zero-order valence-corrected chi connectivity index (χ0v) is 23.1. The van der Waals surface area contributed by atoms with Crippen molar-refractivity contribution in [3.8, 4) is 16.9 Å². The first-order valence-corrected chi connectivity index (χ1v) is 14.2. The molecule has 1 unspecified atom stereocenters. The molecular formula is C33H28ClN5O2. The highest BCUT2D eigenvalue weighted by molar-refractivity contribution is 6.33. The van der Waals surface area contributed by atoms with Gasteiger partial charge >= 0.3 is 0 Å². The molecule has 8 heteroatoms. The van der Waals surface area contributed by atoms with Gasteiger partial charge in [-0.25, -0.2) is 4.98 Å². The van der Waals surface area contributed by atoms with Crippen LogP contribution in [0.3, 0.4) is 0 Å². The lowest BCUT2D eigenvalue weighted by molar-refractivity contribution is 0.224. The average molecular weight is 562 g/mol. The highest BCUT2D eigenvalue weighted by Gasteiger charge is 2.26. The zero-order valence-electron chi connectivity index (χ0n) is 22.3. The summed E-state index contributed by atoms with van der Waals surface area (Å²) < 4.78 is 7.85. The van der Waals surface area contributed by atoms with Gasteiger partial charge in [0.1, 0.15) is 18.0 Å². The van der Waals surface area contributed by atoms with E-state index in [1.165, 1.54) is 11.1 Å². The number of hydrogen-bond acceptors (Lipinski definition) is 6. The lowest BCUT2D eigenvalue weighted by Gasteiger charge is -2.28. The first kappa shape index (κ1) is 25.5. The van der Waals surface area contributed by atoms with Gasteiger partial charge in [0.05, 0.1) is 6.04 Å². The molecule has 0 radical (unpaired) electrons. The van der Waals surface area contributed by atoms with Gasteiger partial charge in [0, 0.05) is 46.4 Å². The number of hydrogen-bond donors (Lipinski definition) is 2. The van der Waals surface area contributed by atoms with E-state index in [9.17, 15) is 4.79 Å². The molecule has 0 saturated carbocycles. The first-order valence-electron chi connectivity index (χ1n) is 13.8. The normalized spacial score (nSPS) is 16.5. The minimum atomic E-state index is -0.248. The van der Waals surface area contributed by atoms with Gasteiger partial charge in [0.15, 0.2) is 0 Å². The number of ether oxygens (including phenoxy) is 1. The number of para-hydroxylation sites is 1. The number of halogens is 1. The highest BCUT2D eigenvalue weighted by Crippen LogP contribution is 2.33. The molecule has 204 valence electrons. The maximum atomic E-state index is 14.2. The number of benzene rings is 3. The summed E-state index contributed by atoms with van der Waals surface area (Å²) >= 11 is 6.54. The van der Waals surface area contributed by atoms with E-state index < -0.39 is 0 Å². The topological polar surface area (TPSA) is 81.1 Å². The molecule has 7 nitrogen and oxygen atoms in total. The molecule has 41 heavy (non-hydrogen) atoms. The maximum absolute atomic E-state index is 14.2. The van der Waals surface area contributed by atoms with E-state index in [2.05, 4.69) is 33.8 Å². The molecule has 1 atom stereocenters. The van der Waals surface area contributed by atoms with Crippen LogP contribution in [0.5, 0.6) is 5.75 Å². The molecule has 2 aromatic heterocycles. The lowest BCUT2D eigenvalue weighted by atomic mass is 10.0. The molecule has 0 saturated heterocycles. The van der Waals surface area contributed by atoms with Gasteiger partial charge in [-0.1, -0.05) is 66.2 Å². The fourth-order valence-corrected chi connectivity index (χ4v) is 5.89. The molecule has 0 fully saturated rings. The van der Waals surface area contributed by atoms with Crippen LogP contribution in [0.15, 0.2) is 95.9 Å². The molecule has 7 rings (SSSR count). The molecule has 2 aliphatic rings. The minimum Gasteiger partial charge on any atom is -0.491 e. The van der Waals surface area contributed by atoms with Crippen LogP contribution in [0, 0.1) is 0 Å². The highest BCUT2D eigenvalue weighted by atomic mass is 35.5. The molecule has 0 amide bonds. The van der Waals surface area contributed by atoms with Crippen LogP contribution < -0.4 is 20.9 Å². The summed E-state index contributed by atoms with van der Waals surface area (Å²) in [5.41, 5.74) is 6.08. The van der Waals surface area contributed by atoms with E-state index in [4.69, 9.17) is 21.3 Å². The van der Waals surface area contributed by atoms with E-state index in [0.717, 1.165) is 41.9 Å². The van der Waals surface area contributed by atoms with Crippen molar-refractivity contribution in [1.29, 1.82) is 0 Å². The van der Waals surface area contributed by atoms with Crippen molar-refractivity contribution in [2.24, 2.45) is 0 Å². The summed E-state index contributed by atoms with van der Waals surface area (Å²) in [6.07, 6.45) is 5.66. The SMILES string of the molecule is O=c1c(-c2ccccc2Cl)cc2cnc(Nc3ccc(C4=CCNCC4)cc3)nc2n1C1COc2ccccc2C1. The van der Waals surface area contributed by atoms with Crippen molar-refractivity contribution in [2.45, 2.75) is 18.9 Å². The Morgan fingerprint density at radius 2 is 1.83 bits per heavy atom. The van der Waals surface area contributed by atoms with Crippen molar-refractivity contribution < 1.29 is 4.74 Å². The van der Waals surface area contributed by atoms with Crippen LogP contribution in [-0.4, -0.2) is 34.2 Å². The summed E-state index contributed by atoms with van der Waals surface area (Å²) in [7, 11) is 0. The third kappa shape index (κ3) is 4.99. The largest absolute Gasteiger partial charge is 0.491 e. The minimum absolute atomic E-state index is 0.164. The third-order valence-electron chi connectivity index (χ3n) is 7.74. The number of rotatable bonds is 5. The molecule has 0 spiro atoms. The third-order valence-corrected chi connectivity index (χ3v) is 8.07. The Kier molecular flexibility index (Phi) is 6.74. The van der Waals surface area contributed by atoms with Gasteiger partial charge in [-0.2, -0.15) is 4.98 Å². The van der Waals surface area contributed by atoms with Crippen molar-refractivity contribution in [3.63, 3.8) is 0 Å². The predicted octanol–water partition coefficient (Wildman–Crippen LogP) is 6.41. The number of aromatic nitrogens is 3. The Morgan fingerprint density at radius 1 is 1.00 bits per heavy atom. The fourth-order valence-electron chi connectivity index (χ4n) is 5.65. The van der Waals surface area contributed by atoms with Crippen molar-refractivity contribution in [1.82, 2.24) is 19.9 Å². The summed E-state index contributed by atoms with van der Waals surface area (Å²) in [4.78, 5) is 23.6. The van der Waals surface area contributed by atoms with Crippen LogP contribution >= 0.6 is 11.6 Å². The van der Waals surface area contributed by atoms with Gasteiger partial charge in [-0.3, -0.25) is 9.36 Å². The number of anilines is 2. The number of fused-ring (bicyclic) bond motifs is 2. The van der Waals surface area contributed by atoms with Gasteiger partial charge < -0.3 is 15.4 Å². The molecule has 2 aliphatic heterocycles. The zero-order chi connectivity index (χ0) is 27.8. The molecule has 3 aromatic carbocycles. The predicted molar refractivity (Wildman–Crippen MR) is 164 cm³/mol. The molecule has 4 heterocycles. The van der Waals surface area contributed by atoms with Crippen LogP contribution in [0.25, 0.3) is 27.7 Å². The average Bonchev–Trinajstić information content (AvgIpc) is 3.02. The van der Waals surface area contributed by atoms with Gasteiger partial charge in [-0.05, 0) is 60.0 Å². The summed E-state index contributed by atoms with van der Waals surface area (Å²) in [5.74, 6) is 1.27. The maximum Gasteiger partial charge on any atom is 0.260 e. The van der Waals surface area contributed by atoms with Gasteiger partial charge in [0.25, 0.3) is 5.56 Å². The second-order valence-corrected chi connectivity index (χ2v) is 10.8. The second-order valence-electron chi connectivity index (χ2n) is 10.3. The van der Waals surface area contributed by atoms with Crippen molar-refractivity contribution in [3.05, 3.63) is 118 Å². The standard InChI is InChI=1S/C33H28ClN5O2/c34-29-7-3-2-6-27(29)28-18-24-19-36-33(37-25-11-9-21(10-12-25)22-13-15-35-16-14-22)38-31(24)39(32(28)40)26-17-23-5-1-4-8-30(23)41-20-26/h1-13,18-19,26,35H,14-17,20H2,(H,36,37,38). The number of nitrogens with one attached hydrogen (secondary N) is 2. The van der Waals surface area contributed by atoms with E-state index in [0.29, 0.717) is 40.8 Å². The monoisotopic (exact) mass is 561 g/mol. The Morgan fingerprint density at radius 3 is 2.66 bits per heavy atom. The van der Waals surface area contributed by atoms with E-state index in [1.54, 1.807) is 16.8 Å². The summed E-state index contributed by atoms with van der Waals surface area (Å²) in [6.45, 7) is 2.25. The lowest BCUT2D eigenvalue weighted by Crippen LogP contribution is -2.34. The molecule has 0 bridgehead atoms. The van der Waals surface area contributed by atoms with Gasteiger partial charge in [0.2, 0.25) is 5.95 Å². The first-order chi connectivity index (χ1) is 20.1. The summed E-state index contributed by atoms with van der Waals surface area (Å²) in [5, 5.41) is 7.94. The van der Waals surface area contributed by atoms with Crippen LogP contribution in [0.4, 0.5) is 11.6 Å². The molecule has 0 aliphatic carbocycles. The quantitative estimate of drug-likeness (QED) is 0.258. The second kappa shape index (κ2) is 10.8. The Bertz CT molecular complexity index is 1850. The molecule has 5 aromatic rings. The molecular weight excluding hydrogens is 534 g/mol. The summed E-state index contributed by atoms with van der Waals surface area (Å²) in [6, 6.07) is 25.2. The number of pyridine rings is 1. The Hall–Kier alpha value is -4.46. The van der Waals surface area contributed by atoms with Crippen molar-refractivity contribution in [2.75, 3.05) is 25.0 Å². The Labute approximate surface area is 242 Å².